The number of nitrogens with zero attached hydrogens (tertiary/aromatic N) is 4. The Morgan fingerprint density at radius 2 is 1.91 bits per heavy atom. The maximum absolute atomic E-state index is 12.4. The SMILES string of the molecule is COc1ccc(-c2nnc(SCC(=O)Nc3nc(C)cs3)n2CCc2ccccc2)cc1. The van der Waals surface area contributed by atoms with Crippen LogP contribution in [-0.4, -0.2) is 38.5 Å². The predicted molar refractivity (Wildman–Crippen MR) is 128 cm³/mol. The van der Waals surface area contributed by atoms with Crippen molar-refractivity contribution >= 4 is 34.1 Å². The number of methoxy groups -OCH3 is 1. The average Bonchev–Trinajstić information content (AvgIpc) is 3.42. The molecule has 4 rings (SSSR count). The summed E-state index contributed by atoms with van der Waals surface area (Å²) in [5.41, 5.74) is 3.07. The minimum atomic E-state index is -0.118. The Bertz CT molecular complexity index is 1170. The van der Waals surface area contributed by atoms with Gasteiger partial charge >= 0.3 is 0 Å². The highest BCUT2D eigenvalue weighted by atomic mass is 32.2. The molecule has 1 N–H and O–H groups in total. The normalized spacial score (nSPS) is 10.8. The molecule has 0 fully saturated rings. The van der Waals surface area contributed by atoms with E-state index in [1.165, 1.54) is 28.7 Å². The Kier molecular flexibility index (Phi) is 7.18. The van der Waals surface area contributed by atoms with Gasteiger partial charge in [0.05, 0.1) is 18.6 Å². The third kappa shape index (κ3) is 5.54. The molecule has 32 heavy (non-hydrogen) atoms. The summed E-state index contributed by atoms with van der Waals surface area (Å²) in [6.45, 7) is 2.60. The third-order valence-electron chi connectivity index (χ3n) is 4.73. The molecule has 0 aliphatic carbocycles. The molecule has 1 amide bonds. The molecule has 2 heterocycles. The van der Waals surface area contributed by atoms with E-state index in [9.17, 15) is 4.79 Å². The maximum atomic E-state index is 12.4. The van der Waals surface area contributed by atoms with Gasteiger partial charge in [-0.25, -0.2) is 4.98 Å². The van der Waals surface area contributed by atoms with Crippen molar-refractivity contribution in [3.05, 3.63) is 71.2 Å². The lowest BCUT2D eigenvalue weighted by molar-refractivity contribution is -0.113. The lowest BCUT2D eigenvalue weighted by Crippen LogP contribution is -2.14. The summed E-state index contributed by atoms with van der Waals surface area (Å²) in [7, 11) is 1.64. The van der Waals surface area contributed by atoms with Crippen molar-refractivity contribution in [1.29, 1.82) is 0 Å². The van der Waals surface area contributed by atoms with Gasteiger partial charge in [0.2, 0.25) is 5.91 Å². The third-order valence-corrected chi connectivity index (χ3v) is 6.57. The quantitative estimate of drug-likeness (QED) is 0.361. The average molecular weight is 466 g/mol. The highest BCUT2D eigenvalue weighted by Crippen LogP contribution is 2.26. The van der Waals surface area contributed by atoms with Crippen LogP contribution in [0.2, 0.25) is 0 Å². The number of thioether (sulfide) groups is 1. The number of ether oxygens (including phenoxy) is 1. The van der Waals surface area contributed by atoms with Crippen molar-refractivity contribution < 1.29 is 9.53 Å². The molecule has 2 aromatic heterocycles. The van der Waals surface area contributed by atoms with E-state index in [-0.39, 0.29) is 11.7 Å². The molecule has 0 aliphatic heterocycles. The minimum Gasteiger partial charge on any atom is -0.497 e. The van der Waals surface area contributed by atoms with Gasteiger partial charge in [-0.15, -0.1) is 21.5 Å². The Morgan fingerprint density at radius 1 is 1.12 bits per heavy atom. The fourth-order valence-electron chi connectivity index (χ4n) is 3.13. The van der Waals surface area contributed by atoms with Crippen LogP contribution in [0.15, 0.2) is 65.1 Å². The summed E-state index contributed by atoms with van der Waals surface area (Å²) < 4.78 is 7.34. The summed E-state index contributed by atoms with van der Waals surface area (Å²) in [4.78, 5) is 16.7. The number of amides is 1. The van der Waals surface area contributed by atoms with Gasteiger partial charge in [0.25, 0.3) is 0 Å². The largest absolute Gasteiger partial charge is 0.497 e. The zero-order chi connectivity index (χ0) is 22.3. The van der Waals surface area contributed by atoms with Crippen LogP contribution in [0.1, 0.15) is 11.3 Å². The predicted octanol–water partition coefficient (Wildman–Crippen LogP) is 4.69. The molecule has 0 saturated carbocycles. The number of aryl methyl sites for hydroxylation is 2. The molecular weight excluding hydrogens is 442 g/mol. The zero-order valence-corrected chi connectivity index (χ0v) is 19.4. The van der Waals surface area contributed by atoms with Gasteiger partial charge in [0.1, 0.15) is 5.75 Å². The van der Waals surface area contributed by atoms with Crippen molar-refractivity contribution in [2.45, 2.75) is 25.0 Å². The molecule has 0 spiro atoms. The van der Waals surface area contributed by atoms with Crippen molar-refractivity contribution in [2.24, 2.45) is 0 Å². The van der Waals surface area contributed by atoms with E-state index in [4.69, 9.17) is 4.74 Å². The summed E-state index contributed by atoms with van der Waals surface area (Å²) in [5.74, 6) is 1.66. The van der Waals surface area contributed by atoms with E-state index in [1.54, 1.807) is 7.11 Å². The molecule has 0 atom stereocenters. The first kappa shape index (κ1) is 22.0. The van der Waals surface area contributed by atoms with Gasteiger partial charge in [0, 0.05) is 17.5 Å². The topological polar surface area (TPSA) is 81.9 Å². The van der Waals surface area contributed by atoms with Crippen LogP contribution in [-0.2, 0) is 17.8 Å². The van der Waals surface area contributed by atoms with E-state index in [2.05, 4.69) is 37.2 Å². The van der Waals surface area contributed by atoms with Crippen LogP contribution in [0, 0.1) is 6.92 Å². The molecule has 0 radical (unpaired) electrons. The number of anilines is 1. The van der Waals surface area contributed by atoms with E-state index in [0.29, 0.717) is 16.8 Å². The molecule has 0 unspecified atom stereocenters. The summed E-state index contributed by atoms with van der Waals surface area (Å²) in [6, 6.07) is 18.0. The van der Waals surface area contributed by atoms with Crippen LogP contribution < -0.4 is 10.1 Å². The fourth-order valence-corrected chi connectivity index (χ4v) is 4.60. The number of carbonyl (C=O) groups is 1. The van der Waals surface area contributed by atoms with Crippen molar-refractivity contribution in [3.63, 3.8) is 0 Å². The maximum Gasteiger partial charge on any atom is 0.236 e. The highest BCUT2D eigenvalue weighted by molar-refractivity contribution is 7.99. The van der Waals surface area contributed by atoms with Gasteiger partial charge < -0.3 is 14.6 Å². The molecule has 2 aromatic carbocycles. The Hall–Kier alpha value is -3.17. The molecule has 7 nitrogen and oxygen atoms in total. The fraction of sp³-hybridized carbons (Fsp3) is 0.217. The first-order valence-electron chi connectivity index (χ1n) is 10.1. The van der Waals surface area contributed by atoms with E-state index >= 15 is 0 Å². The number of hydrogen-bond donors (Lipinski definition) is 1. The van der Waals surface area contributed by atoms with Gasteiger partial charge in [-0.1, -0.05) is 42.1 Å². The van der Waals surface area contributed by atoms with Gasteiger partial charge in [-0.2, -0.15) is 0 Å². The lowest BCUT2D eigenvalue weighted by Gasteiger charge is -2.11. The standard InChI is InChI=1S/C23H23N5O2S2/c1-16-14-31-22(24-16)25-20(29)15-32-23-27-26-21(18-8-10-19(30-2)11-9-18)28(23)13-12-17-6-4-3-5-7-17/h3-11,14H,12-13,15H2,1-2H3,(H,24,25,29). The molecular formula is C23H23N5O2S2. The molecule has 0 saturated heterocycles. The van der Waals surface area contributed by atoms with E-state index < -0.39 is 0 Å². The first-order valence-corrected chi connectivity index (χ1v) is 12.0. The molecule has 0 bridgehead atoms. The minimum absolute atomic E-state index is 0.118. The zero-order valence-electron chi connectivity index (χ0n) is 17.8. The molecule has 4 aromatic rings. The molecule has 0 aliphatic rings. The smallest absolute Gasteiger partial charge is 0.236 e. The second-order valence-electron chi connectivity index (χ2n) is 7.05. The summed E-state index contributed by atoms with van der Waals surface area (Å²) in [5, 5.41) is 14.9. The first-order chi connectivity index (χ1) is 15.6. The number of thiazole rings is 1. The number of benzene rings is 2. The number of hydrogen-bond acceptors (Lipinski definition) is 7. The monoisotopic (exact) mass is 465 g/mol. The number of rotatable bonds is 9. The van der Waals surface area contributed by atoms with Gasteiger partial charge in [0.15, 0.2) is 16.1 Å². The molecule has 164 valence electrons. The number of aromatic nitrogens is 4. The van der Waals surface area contributed by atoms with Crippen molar-refractivity contribution in [1.82, 2.24) is 19.7 Å². The number of nitrogens with one attached hydrogen (secondary N) is 1. The van der Waals surface area contributed by atoms with Crippen LogP contribution in [0.3, 0.4) is 0 Å². The van der Waals surface area contributed by atoms with Crippen LogP contribution in [0.4, 0.5) is 5.13 Å². The van der Waals surface area contributed by atoms with Crippen molar-refractivity contribution in [3.8, 4) is 17.1 Å². The Morgan fingerprint density at radius 3 is 2.59 bits per heavy atom. The van der Waals surface area contributed by atoms with E-state index in [0.717, 1.165) is 29.3 Å². The second kappa shape index (κ2) is 10.4. The van der Waals surface area contributed by atoms with Crippen LogP contribution >= 0.6 is 23.1 Å². The Balaban J connectivity index is 1.52. The van der Waals surface area contributed by atoms with Crippen LogP contribution in [0.25, 0.3) is 11.4 Å². The molecule has 9 heteroatoms. The second-order valence-corrected chi connectivity index (χ2v) is 8.85. The van der Waals surface area contributed by atoms with Crippen molar-refractivity contribution in [2.75, 3.05) is 18.2 Å². The number of carbonyl (C=O) groups excluding carboxylic acids is 1. The summed E-state index contributed by atoms with van der Waals surface area (Å²) in [6.07, 6.45) is 0.834. The van der Waals surface area contributed by atoms with Gasteiger partial charge in [-0.05, 0) is 43.2 Å². The highest BCUT2D eigenvalue weighted by Gasteiger charge is 2.16. The van der Waals surface area contributed by atoms with Gasteiger partial charge in [-0.3, -0.25) is 4.79 Å². The van der Waals surface area contributed by atoms with Crippen LogP contribution in [0.5, 0.6) is 5.75 Å². The lowest BCUT2D eigenvalue weighted by atomic mass is 10.1. The van der Waals surface area contributed by atoms with E-state index in [1.807, 2.05) is 54.8 Å². The Labute approximate surface area is 194 Å². The summed E-state index contributed by atoms with van der Waals surface area (Å²) >= 11 is 2.79.